The molecule has 1 N–H and O–H groups in total. The second-order valence-corrected chi connectivity index (χ2v) is 9.70. The molecule has 0 heterocycles. The van der Waals surface area contributed by atoms with Gasteiger partial charge in [0.15, 0.2) is 0 Å². The predicted molar refractivity (Wildman–Crippen MR) is 131 cm³/mol. The van der Waals surface area contributed by atoms with Crippen LogP contribution in [-0.2, 0) is 14.8 Å². The molecule has 3 aromatic carbocycles. The van der Waals surface area contributed by atoms with Gasteiger partial charge in [0.05, 0.1) is 28.9 Å². The highest BCUT2D eigenvalue weighted by molar-refractivity contribution is 7.92. The molecule has 0 fully saturated rings. The van der Waals surface area contributed by atoms with Crippen molar-refractivity contribution in [3.05, 3.63) is 88.2 Å². The van der Waals surface area contributed by atoms with Crippen molar-refractivity contribution in [1.29, 1.82) is 0 Å². The summed E-state index contributed by atoms with van der Waals surface area (Å²) in [5.41, 5.74) is 4.07. The van der Waals surface area contributed by atoms with E-state index >= 15 is 0 Å². The number of hydrogen-bond acceptors (Lipinski definition) is 5. The summed E-state index contributed by atoms with van der Waals surface area (Å²) in [6.07, 6.45) is 1.06. The van der Waals surface area contributed by atoms with Crippen LogP contribution < -0.4 is 14.5 Å². The third-order valence-electron chi connectivity index (χ3n) is 4.88. The average molecular weight is 504 g/mol. The number of nitrogens with one attached hydrogen (secondary N) is 1. The summed E-state index contributed by atoms with van der Waals surface area (Å²) in [5, 5.41) is 3.85. The fraction of sp³-hybridized carbons (Fsp3) is 0.167. The molecule has 0 atom stereocenters. The lowest BCUT2D eigenvalue weighted by Gasteiger charge is -2.25. The van der Waals surface area contributed by atoms with Crippen LogP contribution in [0.5, 0.6) is 5.75 Å². The first kappa shape index (κ1) is 25.2. The van der Waals surface area contributed by atoms with Gasteiger partial charge in [-0.2, -0.15) is 5.10 Å². The van der Waals surface area contributed by atoms with Crippen molar-refractivity contribution >= 4 is 39.4 Å². The number of amides is 1. The van der Waals surface area contributed by atoms with Crippen LogP contribution in [0.1, 0.15) is 16.7 Å². The second kappa shape index (κ2) is 10.7. The number of anilines is 1. The summed E-state index contributed by atoms with van der Waals surface area (Å²) in [5.74, 6) is -1.09. The van der Waals surface area contributed by atoms with Crippen LogP contribution in [0.15, 0.2) is 70.7 Å². The highest BCUT2D eigenvalue weighted by atomic mass is 35.5. The number of benzene rings is 3. The van der Waals surface area contributed by atoms with Crippen molar-refractivity contribution in [3.8, 4) is 5.75 Å². The highest BCUT2D eigenvalue weighted by Crippen LogP contribution is 2.33. The number of hydrazone groups is 1. The van der Waals surface area contributed by atoms with Gasteiger partial charge in [-0.25, -0.2) is 18.2 Å². The number of rotatable bonds is 8. The summed E-state index contributed by atoms with van der Waals surface area (Å²) in [6.45, 7) is 3.03. The largest absolute Gasteiger partial charge is 0.495 e. The van der Waals surface area contributed by atoms with E-state index in [2.05, 4.69) is 10.5 Å². The number of nitrogens with zero attached hydrogens (tertiary/aromatic N) is 2. The number of carbonyl (C=O) groups is 1. The van der Waals surface area contributed by atoms with Crippen LogP contribution >= 0.6 is 11.6 Å². The first-order valence-electron chi connectivity index (χ1n) is 10.1. The maximum atomic E-state index is 13.9. The maximum Gasteiger partial charge on any atom is 0.264 e. The van der Waals surface area contributed by atoms with Crippen LogP contribution in [0, 0.1) is 19.7 Å². The molecule has 0 saturated heterocycles. The summed E-state index contributed by atoms with van der Waals surface area (Å²) in [6, 6.07) is 15.4. The van der Waals surface area contributed by atoms with Gasteiger partial charge in [-0.15, -0.1) is 0 Å². The molecule has 0 aliphatic carbocycles. The minimum Gasteiger partial charge on any atom is -0.495 e. The van der Waals surface area contributed by atoms with E-state index in [0.717, 1.165) is 21.6 Å². The fourth-order valence-electron chi connectivity index (χ4n) is 3.10. The average Bonchev–Trinajstić information content (AvgIpc) is 2.79. The van der Waals surface area contributed by atoms with Gasteiger partial charge in [0.2, 0.25) is 0 Å². The Morgan fingerprint density at radius 2 is 1.79 bits per heavy atom. The Labute approximate surface area is 202 Å². The van der Waals surface area contributed by atoms with Gasteiger partial charge < -0.3 is 4.74 Å². The number of aryl methyl sites for hydroxylation is 2. The summed E-state index contributed by atoms with van der Waals surface area (Å²) >= 11 is 5.95. The van der Waals surface area contributed by atoms with Gasteiger partial charge in [0.25, 0.3) is 15.9 Å². The molecule has 10 heteroatoms. The fourth-order valence-corrected chi connectivity index (χ4v) is 4.74. The standard InChI is InChI=1S/C24H23ClFN3O4S/c1-16-7-10-18(11-8-16)34(31,32)29(22-13-17(2)9-12-23(22)33-3)15-24(30)28-27-14-19-20(25)5-4-6-21(19)26/h4-14H,15H2,1-3H3,(H,28,30)/b27-14-. The number of methoxy groups -OCH3 is 1. The van der Waals surface area contributed by atoms with Crippen LogP contribution in [0.4, 0.5) is 10.1 Å². The van der Waals surface area contributed by atoms with Crippen molar-refractivity contribution in [2.24, 2.45) is 5.10 Å². The molecule has 0 aliphatic heterocycles. The molecule has 0 bridgehead atoms. The monoisotopic (exact) mass is 503 g/mol. The van der Waals surface area contributed by atoms with Crippen molar-refractivity contribution < 1.29 is 22.3 Å². The number of halogens is 2. The molecule has 0 aliphatic rings. The second-order valence-electron chi connectivity index (χ2n) is 7.43. The maximum absolute atomic E-state index is 13.9. The zero-order valence-electron chi connectivity index (χ0n) is 18.7. The van der Waals surface area contributed by atoms with Crippen molar-refractivity contribution in [3.63, 3.8) is 0 Å². The number of hydrogen-bond donors (Lipinski definition) is 1. The Morgan fingerprint density at radius 3 is 2.44 bits per heavy atom. The van der Waals surface area contributed by atoms with E-state index in [0.29, 0.717) is 0 Å². The molecule has 3 rings (SSSR count). The van der Waals surface area contributed by atoms with Crippen LogP contribution in [0.25, 0.3) is 0 Å². The van der Waals surface area contributed by atoms with Crippen LogP contribution in [-0.4, -0.2) is 34.2 Å². The Bertz CT molecular complexity index is 1310. The first-order chi connectivity index (χ1) is 16.1. The topological polar surface area (TPSA) is 88.1 Å². The van der Waals surface area contributed by atoms with Crippen LogP contribution in [0.2, 0.25) is 5.02 Å². The van der Waals surface area contributed by atoms with Gasteiger partial charge in [-0.3, -0.25) is 9.10 Å². The van der Waals surface area contributed by atoms with E-state index in [9.17, 15) is 17.6 Å². The molecule has 0 aromatic heterocycles. The SMILES string of the molecule is COc1ccc(C)cc1N(CC(=O)N/N=C\c1c(F)cccc1Cl)S(=O)(=O)c1ccc(C)cc1. The van der Waals surface area contributed by atoms with Crippen LogP contribution in [0.3, 0.4) is 0 Å². The quantitative estimate of drug-likeness (QED) is 0.363. The Kier molecular flexibility index (Phi) is 7.90. The number of ether oxygens (including phenoxy) is 1. The Balaban J connectivity index is 1.94. The van der Waals surface area contributed by atoms with Gasteiger partial charge in [-0.1, -0.05) is 41.4 Å². The molecule has 7 nitrogen and oxygen atoms in total. The molecular formula is C24H23ClFN3O4S. The van der Waals surface area contributed by atoms with Crippen molar-refractivity contribution in [1.82, 2.24) is 5.43 Å². The lowest BCUT2D eigenvalue weighted by Crippen LogP contribution is -2.39. The summed E-state index contributed by atoms with van der Waals surface area (Å²) in [7, 11) is -2.74. The van der Waals surface area contributed by atoms with E-state index in [1.54, 1.807) is 37.3 Å². The van der Waals surface area contributed by atoms with E-state index < -0.39 is 28.3 Å². The zero-order chi connectivity index (χ0) is 24.9. The molecule has 0 radical (unpaired) electrons. The molecule has 0 unspecified atom stereocenters. The van der Waals surface area contributed by atoms with E-state index in [-0.39, 0.29) is 26.9 Å². The van der Waals surface area contributed by atoms with E-state index in [1.807, 2.05) is 6.92 Å². The predicted octanol–water partition coefficient (Wildman–Crippen LogP) is 4.45. The number of sulfonamides is 1. The van der Waals surface area contributed by atoms with Gasteiger partial charge in [0, 0.05) is 5.56 Å². The minimum atomic E-state index is -4.15. The lowest BCUT2D eigenvalue weighted by molar-refractivity contribution is -0.119. The Morgan fingerprint density at radius 1 is 1.12 bits per heavy atom. The van der Waals surface area contributed by atoms with E-state index in [1.165, 1.54) is 37.4 Å². The normalized spacial score (nSPS) is 11.4. The molecule has 0 spiro atoms. The minimum absolute atomic E-state index is 0.00560. The molecule has 0 saturated carbocycles. The third kappa shape index (κ3) is 5.73. The van der Waals surface area contributed by atoms with Gasteiger partial charge in [-0.05, 0) is 55.8 Å². The highest BCUT2D eigenvalue weighted by Gasteiger charge is 2.29. The smallest absolute Gasteiger partial charge is 0.264 e. The lowest BCUT2D eigenvalue weighted by atomic mass is 10.2. The summed E-state index contributed by atoms with van der Waals surface area (Å²) < 4.78 is 47.3. The van der Waals surface area contributed by atoms with Gasteiger partial charge in [0.1, 0.15) is 18.1 Å². The summed E-state index contributed by atoms with van der Waals surface area (Å²) in [4.78, 5) is 12.7. The number of carbonyl (C=O) groups excluding carboxylic acids is 1. The van der Waals surface area contributed by atoms with Crippen molar-refractivity contribution in [2.75, 3.05) is 18.0 Å². The van der Waals surface area contributed by atoms with Gasteiger partial charge >= 0.3 is 0 Å². The molecule has 1 amide bonds. The molecule has 34 heavy (non-hydrogen) atoms. The third-order valence-corrected chi connectivity index (χ3v) is 6.99. The molecular weight excluding hydrogens is 481 g/mol. The van der Waals surface area contributed by atoms with Crippen molar-refractivity contribution in [2.45, 2.75) is 18.7 Å². The molecule has 3 aromatic rings. The zero-order valence-corrected chi connectivity index (χ0v) is 20.3. The molecule has 178 valence electrons. The first-order valence-corrected chi connectivity index (χ1v) is 11.9. The van der Waals surface area contributed by atoms with E-state index in [4.69, 9.17) is 16.3 Å². The Hall–Kier alpha value is -3.43.